The second kappa shape index (κ2) is 6.39. The third-order valence-corrected chi connectivity index (χ3v) is 3.97. The van der Waals surface area contributed by atoms with Gasteiger partial charge in [0.25, 0.3) is 5.69 Å². The van der Waals surface area contributed by atoms with Crippen LogP contribution < -0.4 is 0 Å². The second-order valence-electron chi connectivity index (χ2n) is 5.73. The van der Waals surface area contributed by atoms with Crippen molar-refractivity contribution in [3.63, 3.8) is 0 Å². The van der Waals surface area contributed by atoms with E-state index in [9.17, 15) is 14.9 Å². The molecule has 1 aliphatic rings. The molecular weight excluding hydrogens is 296 g/mol. The Bertz CT molecular complexity index is 554. The van der Waals surface area contributed by atoms with Crippen molar-refractivity contribution in [1.29, 1.82) is 0 Å². The predicted molar refractivity (Wildman–Crippen MR) is 77.3 cm³/mol. The molecule has 0 amide bonds. The lowest BCUT2D eigenvalue weighted by molar-refractivity contribution is -0.385. The van der Waals surface area contributed by atoms with Crippen molar-refractivity contribution in [2.24, 2.45) is 11.8 Å². The van der Waals surface area contributed by atoms with Crippen molar-refractivity contribution in [3.05, 3.63) is 33.1 Å². The number of aromatic nitrogens is 1. The maximum atomic E-state index is 12.2. The highest BCUT2D eigenvalue weighted by molar-refractivity contribution is 6.32. The zero-order chi connectivity index (χ0) is 15.6. The Labute approximate surface area is 127 Å². The number of esters is 1. The Morgan fingerprint density at radius 1 is 1.38 bits per heavy atom. The molecule has 2 unspecified atom stereocenters. The number of nitrogens with zero attached hydrogens (tertiary/aromatic N) is 2. The van der Waals surface area contributed by atoms with E-state index in [0.29, 0.717) is 11.8 Å². The SMILES string of the molecule is CC1CC(C)CC(OC(=O)c2cc([N+](=O)[O-])cnc2Cl)C1. The standard InChI is InChI=1S/C14H17ClN2O4/c1-8-3-9(2)5-11(4-8)21-14(18)12-6-10(17(19)20)7-16-13(12)15/h6-9,11H,3-5H2,1-2H3. The van der Waals surface area contributed by atoms with E-state index in [1.54, 1.807) is 0 Å². The molecular formula is C14H17ClN2O4. The van der Waals surface area contributed by atoms with E-state index in [2.05, 4.69) is 18.8 Å². The summed E-state index contributed by atoms with van der Waals surface area (Å²) in [6.07, 6.45) is 3.56. The van der Waals surface area contributed by atoms with Crippen LogP contribution in [0.3, 0.4) is 0 Å². The molecule has 1 aliphatic carbocycles. The molecule has 1 heterocycles. The van der Waals surface area contributed by atoms with Crippen molar-refractivity contribution < 1.29 is 14.5 Å². The summed E-state index contributed by atoms with van der Waals surface area (Å²) in [6.45, 7) is 4.25. The molecule has 0 aromatic carbocycles. The first-order chi connectivity index (χ1) is 9.86. The molecule has 0 bridgehead atoms. The Hall–Kier alpha value is -1.69. The summed E-state index contributed by atoms with van der Waals surface area (Å²) in [7, 11) is 0. The molecule has 6 nitrogen and oxygen atoms in total. The number of rotatable bonds is 3. The lowest BCUT2D eigenvalue weighted by Crippen LogP contribution is -2.28. The molecule has 0 spiro atoms. The van der Waals surface area contributed by atoms with Crippen LogP contribution in [-0.2, 0) is 4.74 Å². The molecule has 0 aliphatic heterocycles. The monoisotopic (exact) mass is 312 g/mol. The fourth-order valence-electron chi connectivity index (χ4n) is 2.86. The summed E-state index contributed by atoms with van der Waals surface area (Å²) in [4.78, 5) is 25.9. The Kier molecular flexibility index (Phi) is 4.77. The third-order valence-electron chi connectivity index (χ3n) is 3.66. The van der Waals surface area contributed by atoms with Gasteiger partial charge in [-0.3, -0.25) is 10.1 Å². The fraction of sp³-hybridized carbons (Fsp3) is 0.571. The molecule has 0 radical (unpaired) electrons. The highest BCUT2D eigenvalue weighted by Crippen LogP contribution is 2.31. The molecule has 0 N–H and O–H groups in total. The molecule has 21 heavy (non-hydrogen) atoms. The number of halogens is 1. The maximum Gasteiger partial charge on any atom is 0.341 e. The summed E-state index contributed by atoms with van der Waals surface area (Å²) >= 11 is 5.84. The summed E-state index contributed by atoms with van der Waals surface area (Å²) in [5, 5.41) is 10.7. The van der Waals surface area contributed by atoms with Crippen molar-refractivity contribution in [3.8, 4) is 0 Å². The summed E-state index contributed by atoms with van der Waals surface area (Å²) < 4.78 is 5.45. The zero-order valence-corrected chi connectivity index (χ0v) is 12.7. The molecule has 1 aromatic heterocycles. The van der Waals surface area contributed by atoms with Crippen LogP contribution in [-0.4, -0.2) is 22.0 Å². The van der Waals surface area contributed by atoms with E-state index in [1.165, 1.54) is 0 Å². The molecule has 1 fully saturated rings. The molecule has 0 saturated heterocycles. The summed E-state index contributed by atoms with van der Waals surface area (Å²) in [5.74, 6) is 0.331. The highest BCUT2D eigenvalue weighted by atomic mass is 35.5. The first-order valence-electron chi connectivity index (χ1n) is 6.87. The molecule has 2 rings (SSSR count). The topological polar surface area (TPSA) is 82.3 Å². The van der Waals surface area contributed by atoms with E-state index < -0.39 is 10.9 Å². The van der Waals surface area contributed by atoms with Gasteiger partial charge in [-0.1, -0.05) is 25.4 Å². The summed E-state index contributed by atoms with van der Waals surface area (Å²) in [5.41, 5.74) is -0.339. The molecule has 7 heteroatoms. The van der Waals surface area contributed by atoms with Crippen LogP contribution in [0.1, 0.15) is 43.5 Å². The van der Waals surface area contributed by atoms with Crippen LogP contribution in [0.25, 0.3) is 0 Å². The van der Waals surface area contributed by atoms with E-state index in [4.69, 9.17) is 16.3 Å². The number of pyridine rings is 1. The minimum Gasteiger partial charge on any atom is -0.459 e. The van der Waals surface area contributed by atoms with Gasteiger partial charge in [0.1, 0.15) is 23.0 Å². The number of carbonyl (C=O) groups is 1. The molecule has 1 saturated carbocycles. The quantitative estimate of drug-likeness (QED) is 0.368. The molecule has 114 valence electrons. The van der Waals surface area contributed by atoms with Gasteiger partial charge in [0.15, 0.2) is 0 Å². The predicted octanol–water partition coefficient (Wildman–Crippen LogP) is 3.62. The van der Waals surface area contributed by atoms with Crippen LogP contribution in [0, 0.1) is 22.0 Å². The number of carbonyl (C=O) groups excluding carboxylic acids is 1. The van der Waals surface area contributed by atoms with Gasteiger partial charge in [-0.2, -0.15) is 0 Å². The number of ether oxygens (including phenoxy) is 1. The van der Waals surface area contributed by atoms with Gasteiger partial charge in [0.05, 0.1) is 4.92 Å². The van der Waals surface area contributed by atoms with Gasteiger partial charge in [0.2, 0.25) is 0 Å². The maximum absolute atomic E-state index is 12.2. The van der Waals surface area contributed by atoms with Crippen molar-refractivity contribution >= 4 is 23.3 Å². The minimum atomic E-state index is -0.650. The number of hydrogen-bond acceptors (Lipinski definition) is 5. The van der Waals surface area contributed by atoms with Gasteiger partial charge >= 0.3 is 5.97 Å². The number of nitro groups is 1. The summed E-state index contributed by atoms with van der Waals surface area (Å²) in [6, 6.07) is 1.10. The smallest absolute Gasteiger partial charge is 0.341 e. The van der Waals surface area contributed by atoms with Gasteiger partial charge in [-0.05, 0) is 31.1 Å². The Balaban J connectivity index is 2.13. The van der Waals surface area contributed by atoms with Crippen LogP contribution in [0.4, 0.5) is 5.69 Å². The number of hydrogen-bond donors (Lipinski definition) is 0. The van der Waals surface area contributed by atoms with Gasteiger partial charge in [0, 0.05) is 6.07 Å². The first-order valence-corrected chi connectivity index (χ1v) is 7.25. The van der Waals surface area contributed by atoms with E-state index in [1.807, 2.05) is 0 Å². The normalized spacial score (nSPS) is 25.4. The van der Waals surface area contributed by atoms with Crippen LogP contribution >= 0.6 is 11.6 Å². The van der Waals surface area contributed by atoms with E-state index in [0.717, 1.165) is 31.5 Å². The Morgan fingerprint density at radius 2 is 2.00 bits per heavy atom. The largest absolute Gasteiger partial charge is 0.459 e. The van der Waals surface area contributed by atoms with Gasteiger partial charge in [-0.25, -0.2) is 9.78 Å². The van der Waals surface area contributed by atoms with Crippen LogP contribution in [0.15, 0.2) is 12.3 Å². The average Bonchev–Trinajstić information content (AvgIpc) is 2.37. The molecule has 1 aromatic rings. The lowest BCUT2D eigenvalue weighted by atomic mass is 9.82. The van der Waals surface area contributed by atoms with Crippen molar-refractivity contribution in [1.82, 2.24) is 4.98 Å². The van der Waals surface area contributed by atoms with Crippen molar-refractivity contribution in [2.75, 3.05) is 0 Å². The van der Waals surface area contributed by atoms with Crippen LogP contribution in [0.2, 0.25) is 5.15 Å². The Morgan fingerprint density at radius 3 is 2.57 bits per heavy atom. The fourth-order valence-corrected chi connectivity index (χ4v) is 3.04. The minimum absolute atomic E-state index is 0.0586. The van der Waals surface area contributed by atoms with E-state index >= 15 is 0 Å². The van der Waals surface area contributed by atoms with Crippen LogP contribution in [0.5, 0.6) is 0 Å². The molecule has 2 atom stereocenters. The van der Waals surface area contributed by atoms with E-state index in [-0.39, 0.29) is 22.5 Å². The van der Waals surface area contributed by atoms with Gasteiger partial charge < -0.3 is 4.74 Å². The first kappa shape index (κ1) is 15.7. The lowest BCUT2D eigenvalue weighted by Gasteiger charge is -2.31. The van der Waals surface area contributed by atoms with Gasteiger partial charge in [-0.15, -0.1) is 0 Å². The third kappa shape index (κ3) is 3.91. The van der Waals surface area contributed by atoms with Crippen molar-refractivity contribution in [2.45, 2.75) is 39.2 Å². The average molecular weight is 313 g/mol. The second-order valence-corrected chi connectivity index (χ2v) is 6.09. The zero-order valence-electron chi connectivity index (χ0n) is 11.9. The highest BCUT2D eigenvalue weighted by Gasteiger charge is 2.28.